The predicted octanol–water partition coefficient (Wildman–Crippen LogP) is 3.99. The van der Waals surface area contributed by atoms with Crippen LogP contribution in [0.2, 0.25) is 0 Å². The number of rotatable bonds is 6. The zero-order valence-corrected chi connectivity index (χ0v) is 17.0. The van der Waals surface area contributed by atoms with Gasteiger partial charge in [0, 0.05) is 12.2 Å². The zero-order valence-electron chi connectivity index (χ0n) is 17.0. The van der Waals surface area contributed by atoms with Crippen molar-refractivity contribution in [1.82, 2.24) is 20.2 Å². The first-order valence-corrected chi connectivity index (χ1v) is 10.0. The topological polar surface area (TPSA) is 67.7 Å². The molecule has 30 heavy (non-hydrogen) atoms. The fourth-order valence-electron chi connectivity index (χ4n) is 3.85. The molecular weight excluding hydrogens is 390 g/mol. The molecule has 2 N–H and O–H groups in total. The van der Waals surface area contributed by atoms with Gasteiger partial charge in [0.25, 0.3) is 5.91 Å². The molecule has 1 aliphatic carbocycles. The molecule has 0 spiro atoms. The van der Waals surface area contributed by atoms with Crippen molar-refractivity contribution in [2.75, 3.05) is 0 Å². The number of amides is 1. The fraction of sp³-hybridized carbons (Fsp3) is 0.364. The van der Waals surface area contributed by atoms with Gasteiger partial charge in [-0.2, -0.15) is 0 Å². The summed E-state index contributed by atoms with van der Waals surface area (Å²) in [7, 11) is 0. The van der Waals surface area contributed by atoms with E-state index in [0.717, 1.165) is 31.2 Å². The Morgan fingerprint density at radius 3 is 2.63 bits per heavy atom. The van der Waals surface area contributed by atoms with Gasteiger partial charge in [0.15, 0.2) is 11.4 Å². The Morgan fingerprint density at radius 2 is 1.93 bits per heavy atom. The molecule has 158 valence electrons. The summed E-state index contributed by atoms with van der Waals surface area (Å²) in [4.78, 5) is 17.3. The molecule has 0 aliphatic heterocycles. The SMILES string of the molecule is Cc1cc(OCc2c(F)cccc2F)c2nc(C)c(C(=O)NNC3CCCC3)n2c1. The number of ether oxygens (including phenoxy) is 1. The van der Waals surface area contributed by atoms with Crippen molar-refractivity contribution >= 4 is 11.6 Å². The van der Waals surface area contributed by atoms with Gasteiger partial charge < -0.3 is 4.74 Å². The minimum absolute atomic E-state index is 0.154. The van der Waals surface area contributed by atoms with Crippen molar-refractivity contribution in [3.63, 3.8) is 0 Å². The van der Waals surface area contributed by atoms with E-state index in [9.17, 15) is 13.6 Å². The normalized spacial score (nSPS) is 14.4. The second-order valence-electron chi connectivity index (χ2n) is 7.69. The van der Waals surface area contributed by atoms with Gasteiger partial charge in [0.2, 0.25) is 0 Å². The summed E-state index contributed by atoms with van der Waals surface area (Å²) in [6, 6.07) is 5.70. The molecule has 1 amide bonds. The molecule has 1 saturated carbocycles. The quantitative estimate of drug-likeness (QED) is 0.599. The Morgan fingerprint density at radius 1 is 1.23 bits per heavy atom. The number of hydrazine groups is 1. The van der Waals surface area contributed by atoms with Crippen molar-refractivity contribution < 1.29 is 18.3 Å². The highest BCUT2D eigenvalue weighted by Gasteiger charge is 2.22. The Labute approximate surface area is 173 Å². The van der Waals surface area contributed by atoms with E-state index in [1.54, 1.807) is 23.6 Å². The first-order chi connectivity index (χ1) is 14.4. The van der Waals surface area contributed by atoms with E-state index in [0.29, 0.717) is 22.8 Å². The predicted molar refractivity (Wildman–Crippen MR) is 108 cm³/mol. The molecule has 0 atom stereocenters. The number of imidazole rings is 1. The van der Waals surface area contributed by atoms with Gasteiger partial charge in [-0.1, -0.05) is 18.9 Å². The second-order valence-corrected chi connectivity index (χ2v) is 7.69. The van der Waals surface area contributed by atoms with Crippen LogP contribution in [0.25, 0.3) is 5.65 Å². The van der Waals surface area contributed by atoms with E-state index in [2.05, 4.69) is 15.8 Å². The van der Waals surface area contributed by atoms with Gasteiger partial charge in [-0.25, -0.2) is 19.2 Å². The first-order valence-electron chi connectivity index (χ1n) is 10.0. The number of aryl methyl sites for hydroxylation is 2. The number of carbonyl (C=O) groups excluding carboxylic acids is 1. The highest BCUT2D eigenvalue weighted by atomic mass is 19.1. The van der Waals surface area contributed by atoms with Crippen molar-refractivity contribution in [2.45, 2.75) is 52.2 Å². The second kappa shape index (κ2) is 8.39. The minimum Gasteiger partial charge on any atom is -0.485 e. The largest absolute Gasteiger partial charge is 0.485 e. The molecule has 0 unspecified atom stereocenters. The molecular formula is C22H24F2N4O2. The lowest BCUT2D eigenvalue weighted by Gasteiger charge is -2.14. The molecule has 1 aliphatic rings. The fourth-order valence-corrected chi connectivity index (χ4v) is 3.85. The highest BCUT2D eigenvalue weighted by molar-refractivity contribution is 5.94. The number of hydrogen-bond donors (Lipinski definition) is 2. The highest BCUT2D eigenvalue weighted by Crippen LogP contribution is 2.26. The van der Waals surface area contributed by atoms with Crippen LogP contribution in [0.3, 0.4) is 0 Å². The molecule has 0 saturated heterocycles. The van der Waals surface area contributed by atoms with Crippen molar-refractivity contribution in [3.8, 4) is 5.75 Å². The first kappa shape index (κ1) is 20.3. The van der Waals surface area contributed by atoms with Gasteiger partial charge in [-0.05, 0) is 50.5 Å². The number of carbonyl (C=O) groups is 1. The molecule has 1 fully saturated rings. The summed E-state index contributed by atoms with van der Waals surface area (Å²) in [6.07, 6.45) is 6.18. The molecule has 2 heterocycles. The van der Waals surface area contributed by atoms with Gasteiger partial charge in [-0.3, -0.25) is 14.6 Å². The number of nitrogens with one attached hydrogen (secondary N) is 2. The van der Waals surface area contributed by atoms with Crippen molar-refractivity contribution in [3.05, 3.63) is 64.6 Å². The summed E-state index contributed by atoms with van der Waals surface area (Å²) < 4.78 is 35.2. The van der Waals surface area contributed by atoms with Crippen LogP contribution in [0.4, 0.5) is 8.78 Å². The van der Waals surface area contributed by atoms with E-state index in [1.165, 1.54) is 18.2 Å². The third-order valence-electron chi connectivity index (χ3n) is 5.39. The zero-order chi connectivity index (χ0) is 21.3. The Balaban J connectivity index is 1.60. The maximum Gasteiger partial charge on any atom is 0.284 e. The van der Waals surface area contributed by atoms with Crippen LogP contribution in [-0.2, 0) is 6.61 Å². The molecule has 0 radical (unpaired) electrons. The number of pyridine rings is 1. The molecule has 6 nitrogen and oxygen atoms in total. The van der Waals surface area contributed by atoms with Crippen LogP contribution < -0.4 is 15.6 Å². The van der Waals surface area contributed by atoms with E-state index in [1.807, 2.05) is 6.92 Å². The maximum atomic E-state index is 13.9. The van der Waals surface area contributed by atoms with E-state index < -0.39 is 11.6 Å². The monoisotopic (exact) mass is 414 g/mol. The lowest BCUT2D eigenvalue weighted by atomic mass is 10.2. The van der Waals surface area contributed by atoms with Crippen LogP contribution in [0.5, 0.6) is 5.75 Å². The smallest absolute Gasteiger partial charge is 0.284 e. The molecule has 8 heteroatoms. The van der Waals surface area contributed by atoms with Crippen LogP contribution in [0, 0.1) is 25.5 Å². The average molecular weight is 414 g/mol. The molecule has 4 rings (SSSR count). The van der Waals surface area contributed by atoms with E-state index in [4.69, 9.17) is 4.74 Å². The Hall–Kier alpha value is -3.00. The number of fused-ring (bicyclic) bond motifs is 1. The molecule has 1 aromatic carbocycles. The number of halogens is 2. The van der Waals surface area contributed by atoms with Crippen LogP contribution in [-0.4, -0.2) is 21.3 Å². The van der Waals surface area contributed by atoms with E-state index >= 15 is 0 Å². The summed E-state index contributed by atoms with van der Waals surface area (Å²) in [5, 5.41) is 0. The third-order valence-corrected chi connectivity index (χ3v) is 5.39. The Bertz CT molecular complexity index is 1070. The maximum absolute atomic E-state index is 13.9. The van der Waals surface area contributed by atoms with Crippen molar-refractivity contribution in [2.24, 2.45) is 0 Å². The van der Waals surface area contributed by atoms with Crippen LogP contribution in [0.1, 0.15) is 53.0 Å². The van der Waals surface area contributed by atoms with Crippen molar-refractivity contribution in [1.29, 1.82) is 0 Å². The van der Waals surface area contributed by atoms with Crippen LogP contribution in [0.15, 0.2) is 30.5 Å². The van der Waals surface area contributed by atoms with Gasteiger partial charge in [0.05, 0.1) is 11.3 Å². The minimum atomic E-state index is -0.670. The number of aromatic nitrogens is 2. The lowest BCUT2D eigenvalue weighted by molar-refractivity contribution is 0.0918. The summed E-state index contributed by atoms with van der Waals surface area (Å²) in [5.74, 6) is -1.28. The van der Waals surface area contributed by atoms with E-state index in [-0.39, 0.29) is 24.1 Å². The molecule has 0 bridgehead atoms. The Kier molecular flexibility index (Phi) is 5.67. The van der Waals surface area contributed by atoms with Crippen LogP contribution >= 0.6 is 0 Å². The van der Waals surface area contributed by atoms with Gasteiger partial charge in [0.1, 0.15) is 23.9 Å². The summed E-state index contributed by atoms with van der Waals surface area (Å²) in [5.41, 5.74) is 7.89. The summed E-state index contributed by atoms with van der Waals surface area (Å²) >= 11 is 0. The standard InChI is InChI=1S/C22H24F2N4O2/c1-13-10-19(30-12-16-17(23)8-5-9-18(16)24)21-25-14(2)20(28(21)11-13)22(29)27-26-15-6-3-4-7-15/h5,8-11,15,26H,3-4,6-7,12H2,1-2H3,(H,27,29). The average Bonchev–Trinajstić information content (AvgIpc) is 3.33. The number of benzene rings is 1. The molecule has 2 aromatic heterocycles. The number of nitrogens with zero attached hydrogens (tertiary/aromatic N) is 2. The molecule has 3 aromatic rings. The van der Waals surface area contributed by atoms with Gasteiger partial charge in [-0.15, -0.1) is 0 Å². The lowest BCUT2D eigenvalue weighted by Crippen LogP contribution is -2.43. The third kappa shape index (κ3) is 4.00. The summed E-state index contributed by atoms with van der Waals surface area (Å²) in [6.45, 7) is 3.31. The van der Waals surface area contributed by atoms with Gasteiger partial charge >= 0.3 is 0 Å². The number of hydrogen-bond acceptors (Lipinski definition) is 4.